The Morgan fingerprint density at radius 1 is 0.941 bits per heavy atom. The van der Waals surface area contributed by atoms with Crippen LogP contribution in [0.15, 0.2) is 67.0 Å². The fourth-order valence-corrected chi connectivity index (χ4v) is 5.19. The Kier molecular flexibility index (Phi) is 4.45. The molecule has 0 bridgehead atoms. The molecule has 6 rings (SSSR count). The number of imide groups is 1. The van der Waals surface area contributed by atoms with Crippen molar-refractivity contribution in [2.45, 2.75) is 19.9 Å². The number of benzene rings is 3. The van der Waals surface area contributed by atoms with Crippen LogP contribution < -0.4 is 4.74 Å². The van der Waals surface area contributed by atoms with Crippen LogP contribution in [0.3, 0.4) is 0 Å². The van der Waals surface area contributed by atoms with Crippen molar-refractivity contribution in [3.63, 3.8) is 0 Å². The van der Waals surface area contributed by atoms with E-state index in [1.54, 1.807) is 24.3 Å². The van der Waals surface area contributed by atoms with E-state index >= 15 is 0 Å². The predicted molar refractivity (Wildman–Crippen MR) is 132 cm³/mol. The maximum atomic E-state index is 12.8. The molecule has 6 heteroatoms. The minimum atomic E-state index is -0.395. The molecule has 168 valence electrons. The third-order valence-electron chi connectivity index (χ3n) is 6.88. The molecule has 6 nitrogen and oxygen atoms in total. The summed E-state index contributed by atoms with van der Waals surface area (Å²) in [7, 11) is 2.08. The molecule has 1 aliphatic rings. The zero-order chi connectivity index (χ0) is 23.6. The van der Waals surface area contributed by atoms with Crippen molar-refractivity contribution in [1.82, 2.24) is 14.5 Å². The molecule has 5 aromatic rings. The quantitative estimate of drug-likeness (QED) is 0.352. The number of amides is 2. The molecule has 0 unspecified atom stereocenters. The van der Waals surface area contributed by atoms with E-state index in [0.717, 1.165) is 21.7 Å². The van der Waals surface area contributed by atoms with Crippen molar-refractivity contribution in [2.75, 3.05) is 6.61 Å². The van der Waals surface area contributed by atoms with Gasteiger partial charge in [-0.05, 0) is 67.3 Å². The van der Waals surface area contributed by atoms with Gasteiger partial charge in [-0.2, -0.15) is 0 Å². The van der Waals surface area contributed by atoms with E-state index in [9.17, 15) is 9.59 Å². The molecular weight excluding hydrogens is 426 g/mol. The normalized spacial score (nSPS) is 14.4. The molecule has 0 N–H and O–H groups in total. The lowest BCUT2D eigenvalue weighted by Crippen LogP contribution is -2.41. The Morgan fingerprint density at radius 3 is 2.41 bits per heavy atom. The van der Waals surface area contributed by atoms with Crippen molar-refractivity contribution in [3.8, 4) is 5.75 Å². The fraction of sp³-hybridized carbons (Fsp3) is 0.179. The first-order valence-corrected chi connectivity index (χ1v) is 11.3. The number of aromatic nitrogens is 2. The van der Waals surface area contributed by atoms with Gasteiger partial charge in [0.15, 0.2) is 0 Å². The molecule has 0 saturated carbocycles. The average molecular weight is 450 g/mol. The number of hydrogen-bond acceptors (Lipinski definition) is 4. The van der Waals surface area contributed by atoms with Gasteiger partial charge >= 0.3 is 0 Å². The first-order chi connectivity index (χ1) is 16.5. The molecule has 3 aromatic carbocycles. The van der Waals surface area contributed by atoms with Crippen LogP contribution in [0.1, 0.15) is 33.2 Å². The first kappa shape index (κ1) is 20.4. The van der Waals surface area contributed by atoms with Crippen LogP contribution in [-0.2, 0) is 7.05 Å². The summed E-state index contributed by atoms with van der Waals surface area (Å²) in [5.41, 5.74) is 4.42. The zero-order valence-electron chi connectivity index (χ0n) is 19.2. The SMILES string of the molecule is Cc1c2ccncc2cc2c3cc(OC[C@H](C)N4C(=O)c5ccccc5C4=O)ccc3n(C)c12. The maximum absolute atomic E-state index is 12.8. The molecule has 0 aliphatic carbocycles. The van der Waals surface area contributed by atoms with Crippen LogP contribution in [0.4, 0.5) is 0 Å². The number of rotatable bonds is 4. The Hall–Kier alpha value is -4.19. The number of aryl methyl sites for hydroxylation is 2. The van der Waals surface area contributed by atoms with Crippen LogP contribution in [0.25, 0.3) is 32.6 Å². The van der Waals surface area contributed by atoms with Gasteiger partial charge < -0.3 is 9.30 Å². The Labute approximate surface area is 196 Å². The van der Waals surface area contributed by atoms with Gasteiger partial charge in [0.25, 0.3) is 11.8 Å². The smallest absolute Gasteiger partial charge is 0.261 e. The van der Waals surface area contributed by atoms with Crippen molar-refractivity contribution >= 4 is 44.4 Å². The van der Waals surface area contributed by atoms with Crippen molar-refractivity contribution in [2.24, 2.45) is 7.05 Å². The van der Waals surface area contributed by atoms with Gasteiger partial charge in [0.05, 0.1) is 22.7 Å². The molecule has 34 heavy (non-hydrogen) atoms. The lowest BCUT2D eigenvalue weighted by Gasteiger charge is -2.22. The van der Waals surface area contributed by atoms with Crippen LogP contribution in [0.2, 0.25) is 0 Å². The predicted octanol–water partition coefficient (Wildman–Crippen LogP) is 5.25. The van der Waals surface area contributed by atoms with Gasteiger partial charge in [0.2, 0.25) is 0 Å². The molecule has 1 aliphatic heterocycles. The van der Waals surface area contributed by atoms with Gasteiger partial charge in [-0.3, -0.25) is 19.5 Å². The molecular formula is C28H23N3O3. The van der Waals surface area contributed by atoms with Gasteiger partial charge in [-0.25, -0.2) is 0 Å². The Bertz CT molecular complexity index is 1610. The highest BCUT2D eigenvalue weighted by Gasteiger charge is 2.38. The third-order valence-corrected chi connectivity index (χ3v) is 6.88. The van der Waals surface area contributed by atoms with E-state index < -0.39 is 6.04 Å². The minimum absolute atomic E-state index is 0.216. The Morgan fingerprint density at radius 2 is 1.68 bits per heavy atom. The van der Waals surface area contributed by atoms with E-state index in [2.05, 4.69) is 41.7 Å². The van der Waals surface area contributed by atoms with E-state index in [4.69, 9.17) is 4.74 Å². The molecule has 3 heterocycles. The van der Waals surface area contributed by atoms with Crippen LogP contribution in [-0.4, -0.2) is 38.9 Å². The number of hydrogen-bond donors (Lipinski definition) is 0. The summed E-state index contributed by atoms with van der Waals surface area (Å²) in [4.78, 5) is 31.1. The molecule has 0 saturated heterocycles. The second-order valence-electron chi connectivity index (χ2n) is 8.92. The summed E-state index contributed by atoms with van der Waals surface area (Å²) in [6.45, 7) is 4.19. The maximum Gasteiger partial charge on any atom is 0.261 e. The largest absolute Gasteiger partial charge is 0.491 e. The Balaban J connectivity index is 1.33. The molecule has 0 fully saturated rings. The van der Waals surface area contributed by atoms with E-state index in [-0.39, 0.29) is 18.4 Å². The standard InChI is InChI=1S/C28H23N3O3/c1-16(31-27(32)21-6-4-5-7-22(21)28(31)33)15-34-19-8-9-25-23(13-19)24-12-18-14-29-11-10-20(18)17(2)26(24)30(25)3/h4-14,16H,15H2,1-3H3/t16-/m0/s1. The lowest BCUT2D eigenvalue weighted by atomic mass is 10.0. The van der Waals surface area contributed by atoms with Crippen molar-refractivity contribution in [3.05, 3.63) is 83.7 Å². The number of carbonyl (C=O) groups is 2. The van der Waals surface area contributed by atoms with Crippen LogP contribution >= 0.6 is 0 Å². The monoisotopic (exact) mass is 449 g/mol. The van der Waals surface area contributed by atoms with E-state index in [0.29, 0.717) is 16.9 Å². The second kappa shape index (κ2) is 7.42. The number of fused-ring (bicyclic) bond motifs is 5. The third kappa shape index (κ3) is 2.85. The molecule has 0 radical (unpaired) electrons. The van der Waals surface area contributed by atoms with Crippen LogP contribution in [0.5, 0.6) is 5.75 Å². The lowest BCUT2D eigenvalue weighted by molar-refractivity contribution is 0.0551. The molecule has 2 aromatic heterocycles. The first-order valence-electron chi connectivity index (χ1n) is 11.3. The highest BCUT2D eigenvalue weighted by atomic mass is 16.5. The number of pyridine rings is 1. The van der Waals surface area contributed by atoms with E-state index in [1.807, 2.05) is 31.5 Å². The highest BCUT2D eigenvalue weighted by molar-refractivity contribution is 6.21. The van der Waals surface area contributed by atoms with Gasteiger partial charge in [-0.15, -0.1) is 0 Å². The fourth-order valence-electron chi connectivity index (χ4n) is 5.19. The van der Waals surface area contributed by atoms with Crippen LogP contribution in [0, 0.1) is 6.92 Å². The minimum Gasteiger partial charge on any atom is -0.491 e. The summed E-state index contributed by atoms with van der Waals surface area (Å²) < 4.78 is 8.31. The average Bonchev–Trinajstić information content (AvgIpc) is 3.28. The van der Waals surface area contributed by atoms with Crippen molar-refractivity contribution in [1.29, 1.82) is 0 Å². The summed E-state index contributed by atoms with van der Waals surface area (Å²) in [5, 5.41) is 4.54. The molecule has 1 atom stereocenters. The van der Waals surface area contributed by atoms with Gasteiger partial charge in [-0.1, -0.05) is 12.1 Å². The summed E-state index contributed by atoms with van der Waals surface area (Å²) in [6.07, 6.45) is 3.72. The number of carbonyl (C=O) groups excluding carboxylic acids is 2. The second-order valence-corrected chi connectivity index (χ2v) is 8.92. The number of nitrogens with zero attached hydrogens (tertiary/aromatic N) is 3. The summed E-state index contributed by atoms with van der Waals surface area (Å²) in [6, 6.07) is 16.8. The zero-order valence-corrected chi connectivity index (χ0v) is 19.2. The molecule has 2 amide bonds. The highest BCUT2D eigenvalue weighted by Crippen LogP contribution is 2.36. The van der Waals surface area contributed by atoms with Gasteiger partial charge in [0, 0.05) is 41.1 Å². The number of ether oxygens (including phenoxy) is 1. The topological polar surface area (TPSA) is 64.4 Å². The summed E-state index contributed by atoms with van der Waals surface area (Å²) >= 11 is 0. The summed E-state index contributed by atoms with van der Waals surface area (Å²) in [5.74, 6) is 0.168. The van der Waals surface area contributed by atoms with Crippen molar-refractivity contribution < 1.29 is 14.3 Å². The van der Waals surface area contributed by atoms with E-state index in [1.165, 1.54) is 21.4 Å². The molecule has 0 spiro atoms. The van der Waals surface area contributed by atoms with Gasteiger partial charge in [0.1, 0.15) is 12.4 Å².